The van der Waals surface area contributed by atoms with Crippen LogP contribution in [0.1, 0.15) is 13.8 Å². The predicted octanol–water partition coefficient (Wildman–Crippen LogP) is 0.628. The van der Waals surface area contributed by atoms with Gasteiger partial charge in [0.05, 0.1) is 0 Å². The van der Waals surface area contributed by atoms with Gasteiger partial charge in [-0.15, -0.1) is 5.06 Å². The maximum Gasteiger partial charge on any atom is 0.208 e. The molecule has 0 saturated heterocycles. The maximum atomic E-state index is 5.06. The molecule has 0 aromatic heterocycles. The quantitative estimate of drug-likeness (QED) is 0.461. The first kappa shape index (κ1) is 5.56. The highest BCUT2D eigenvalue weighted by atomic mass is 16.7. The molecule has 0 spiro atoms. The van der Waals surface area contributed by atoms with Gasteiger partial charge in [0.15, 0.2) is 0 Å². The van der Waals surface area contributed by atoms with Gasteiger partial charge in [0.1, 0.15) is 6.17 Å². The van der Waals surface area contributed by atoms with Crippen molar-refractivity contribution < 1.29 is 4.84 Å². The van der Waals surface area contributed by atoms with Gasteiger partial charge in [0.25, 0.3) is 0 Å². The van der Waals surface area contributed by atoms with Gasteiger partial charge in [-0.1, -0.05) is 0 Å². The molecule has 1 unspecified atom stereocenters. The van der Waals surface area contributed by atoms with Crippen molar-refractivity contribution in [2.75, 3.05) is 7.05 Å². The Balaban J connectivity index is 2.56. The van der Waals surface area contributed by atoms with Gasteiger partial charge in [-0.3, -0.25) is 0 Å². The highest BCUT2D eigenvalue weighted by molar-refractivity contribution is 5.73. The Labute approximate surface area is 48.9 Å². The van der Waals surface area contributed by atoms with Crippen molar-refractivity contribution in [1.82, 2.24) is 5.06 Å². The molecule has 0 aromatic carbocycles. The van der Waals surface area contributed by atoms with Crippen LogP contribution in [0.4, 0.5) is 0 Å². The lowest BCUT2D eigenvalue weighted by atomic mass is 10.6. The highest BCUT2D eigenvalue weighted by Gasteiger charge is 2.16. The van der Waals surface area contributed by atoms with Crippen molar-refractivity contribution in [2.45, 2.75) is 20.0 Å². The van der Waals surface area contributed by atoms with Crippen LogP contribution in [0.15, 0.2) is 4.99 Å². The van der Waals surface area contributed by atoms with E-state index >= 15 is 0 Å². The second kappa shape index (κ2) is 1.74. The minimum Gasteiger partial charge on any atom is -0.389 e. The number of nitrogens with zero attached hydrogens (tertiary/aromatic N) is 2. The van der Waals surface area contributed by atoms with Crippen LogP contribution in [0.3, 0.4) is 0 Å². The summed E-state index contributed by atoms with van der Waals surface area (Å²) in [6.07, 6.45) is 0.190. The topological polar surface area (TPSA) is 24.8 Å². The third kappa shape index (κ3) is 0.816. The Bertz CT molecular complexity index is 122. The second-order valence-corrected chi connectivity index (χ2v) is 1.92. The molecule has 0 bridgehead atoms. The molecule has 3 nitrogen and oxygen atoms in total. The average molecular weight is 114 g/mol. The Morgan fingerprint density at radius 1 is 1.75 bits per heavy atom. The molecule has 0 aliphatic carbocycles. The molecule has 0 radical (unpaired) electrons. The third-order valence-electron chi connectivity index (χ3n) is 1.17. The molecule has 1 rings (SSSR count). The molecule has 0 saturated carbocycles. The van der Waals surface area contributed by atoms with Crippen molar-refractivity contribution in [3.63, 3.8) is 0 Å². The molecule has 1 aliphatic rings. The predicted molar refractivity (Wildman–Crippen MR) is 31.4 cm³/mol. The van der Waals surface area contributed by atoms with E-state index in [0.717, 1.165) is 5.90 Å². The van der Waals surface area contributed by atoms with Gasteiger partial charge in [0, 0.05) is 14.0 Å². The van der Waals surface area contributed by atoms with E-state index in [2.05, 4.69) is 4.99 Å². The number of hydrogen-bond acceptors (Lipinski definition) is 3. The van der Waals surface area contributed by atoms with Crippen molar-refractivity contribution in [3.8, 4) is 0 Å². The van der Waals surface area contributed by atoms with E-state index in [1.807, 2.05) is 20.9 Å². The zero-order valence-electron chi connectivity index (χ0n) is 5.38. The number of hydrogen-bond donors (Lipinski definition) is 0. The van der Waals surface area contributed by atoms with E-state index in [1.165, 1.54) is 0 Å². The van der Waals surface area contributed by atoms with Gasteiger partial charge < -0.3 is 4.84 Å². The summed E-state index contributed by atoms with van der Waals surface area (Å²) in [5.41, 5.74) is 0. The summed E-state index contributed by atoms with van der Waals surface area (Å²) >= 11 is 0. The lowest BCUT2D eigenvalue weighted by molar-refractivity contribution is -0.0515. The van der Waals surface area contributed by atoms with Crippen molar-refractivity contribution in [3.05, 3.63) is 0 Å². The van der Waals surface area contributed by atoms with Crippen LogP contribution in [-0.4, -0.2) is 24.2 Å². The summed E-state index contributed by atoms with van der Waals surface area (Å²) in [4.78, 5) is 9.15. The summed E-state index contributed by atoms with van der Waals surface area (Å²) in [7, 11) is 1.87. The van der Waals surface area contributed by atoms with E-state index in [-0.39, 0.29) is 6.17 Å². The third-order valence-corrected chi connectivity index (χ3v) is 1.17. The summed E-state index contributed by atoms with van der Waals surface area (Å²) < 4.78 is 0. The van der Waals surface area contributed by atoms with Crippen LogP contribution in [0, 0.1) is 0 Å². The largest absolute Gasteiger partial charge is 0.389 e. The second-order valence-electron chi connectivity index (χ2n) is 1.92. The Hall–Kier alpha value is -0.570. The average Bonchev–Trinajstić information content (AvgIpc) is 1.85. The zero-order chi connectivity index (χ0) is 6.15. The maximum absolute atomic E-state index is 5.06. The van der Waals surface area contributed by atoms with Crippen LogP contribution in [0.5, 0.6) is 0 Å². The molecule has 0 N–H and O–H groups in total. The normalized spacial score (nSPS) is 29.9. The first-order valence-electron chi connectivity index (χ1n) is 2.65. The summed E-state index contributed by atoms with van der Waals surface area (Å²) in [6, 6.07) is 0. The van der Waals surface area contributed by atoms with E-state index in [4.69, 9.17) is 4.84 Å². The minimum absolute atomic E-state index is 0.190. The molecule has 46 valence electrons. The van der Waals surface area contributed by atoms with E-state index in [9.17, 15) is 0 Å². The van der Waals surface area contributed by atoms with Crippen LogP contribution >= 0.6 is 0 Å². The fourth-order valence-electron chi connectivity index (χ4n) is 0.653. The van der Waals surface area contributed by atoms with Crippen molar-refractivity contribution >= 4 is 5.90 Å². The van der Waals surface area contributed by atoms with E-state index in [1.54, 1.807) is 5.06 Å². The molecule has 1 atom stereocenters. The first-order valence-corrected chi connectivity index (χ1v) is 2.65. The van der Waals surface area contributed by atoms with Gasteiger partial charge in [0.2, 0.25) is 5.90 Å². The van der Waals surface area contributed by atoms with Crippen LogP contribution < -0.4 is 0 Å². The fourth-order valence-corrected chi connectivity index (χ4v) is 0.653. The SMILES string of the molecule is CC1=NC(C)N(C)O1. The molecule has 0 amide bonds. The minimum atomic E-state index is 0.190. The summed E-state index contributed by atoms with van der Waals surface area (Å²) in [5, 5.41) is 1.72. The van der Waals surface area contributed by atoms with Crippen LogP contribution in [0.25, 0.3) is 0 Å². The van der Waals surface area contributed by atoms with Crippen LogP contribution in [-0.2, 0) is 4.84 Å². The Morgan fingerprint density at radius 3 is 2.50 bits per heavy atom. The Kier molecular flexibility index (Phi) is 1.21. The highest BCUT2D eigenvalue weighted by Crippen LogP contribution is 2.06. The molecule has 0 aromatic rings. The van der Waals surface area contributed by atoms with Crippen LogP contribution in [0.2, 0.25) is 0 Å². The van der Waals surface area contributed by atoms with Gasteiger partial charge in [-0.2, -0.15) is 0 Å². The van der Waals surface area contributed by atoms with Gasteiger partial charge in [-0.05, 0) is 6.92 Å². The molecule has 3 heteroatoms. The molecule has 0 fully saturated rings. The monoisotopic (exact) mass is 114 g/mol. The molecular weight excluding hydrogens is 104 g/mol. The Morgan fingerprint density at radius 2 is 2.38 bits per heavy atom. The van der Waals surface area contributed by atoms with E-state index in [0.29, 0.717) is 0 Å². The molecule has 1 aliphatic heterocycles. The molecule has 1 heterocycles. The zero-order valence-corrected chi connectivity index (χ0v) is 5.38. The van der Waals surface area contributed by atoms with Gasteiger partial charge >= 0.3 is 0 Å². The lowest BCUT2D eigenvalue weighted by Gasteiger charge is -2.09. The summed E-state index contributed by atoms with van der Waals surface area (Å²) in [5.74, 6) is 0.750. The number of aliphatic imine (C=N–C) groups is 1. The lowest BCUT2D eigenvalue weighted by Crippen LogP contribution is -2.21. The fraction of sp³-hybridized carbons (Fsp3) is 0.800. The van der Waals surface area contributed by atoms with Crippen molar-refractivity contribution in [2.24, 2.45) is 4.99 Å². The molecule has 8 heavy (non-hydrogen) atoms. The molecular formula is C5H10N2O. The standard InChI is InChI=1S/C5H10N2O/c1-4-6-5(2)8-7(4)3/h4H,1-3H3. The summed E-state index contributed by atoms with van der Waals surface area (Å²) in [6.45, 7) is 3.83. The van der Waals surface area contributed by atoms with Gasteiger partial charge in [-0.25, -0.2) is 4.99 Å². The smallest absolute Gasteiger partial charge is 0.208 e. The first-order chi connectivity index (χ1) is 3.70. The van der Waals surface area contributed by atoms with E-state index < -0.39 is 0 Å². The number of rotatable bonds is 0. The number of hydroxylamine groups is 2. The van der Waals surface area contributed by atoms with Crippen molar-refractivity contribution in [1.29, 1.82) is 0 Å².